The van der Waals surface area contributed by atoms with Gasteiger partial charge in [-0.25, -0.2) is 0 Å². The number of amides is 1. The minimum atomic E-state index is -1.01. The largest absolute Gasteiger partial charge is 0.481 e. The van der Waals surface area contributed by atoms with Crippen LogP contribution in [0.5, 0.6) is 0 Å². The summed E-state index contributed by atoms with van der Waals surface area (Å²) in [6.45, 7) is 5.77. The topological polar surface area (TPSA) is 75.6 Å². The number of carbonyl (C=O) groups is 2. The Balaban J connectivity index is 2.95. The number of carboxylic acids is 1. The fourth-order valence-electron chi connectivity index (χ4n) is 2.27. The summed E-state index contributed by atoms with van der Waals surface area (Å²) in [6, 6.07) is 5.09. The Hall–Kier alpha value is -1.59. The van der Waals surface area contributed by atoms with Crippen LogP contribution in [0.4, 0.5) is 0 Å². The highest BCUT2D eigenvalue weighted by atomic mass is 35.5. The van der Waals surface area contributed by atoms with E-state index in [0.29, 0.717) is 10.6 Å². The molecule has 1 atom stereocenters. The predicted octanol–water partition coefficient (Wildman–Crippen LogP) is 3.07. The van der Waals surface area contributed by atoms with Gasteiger partial charge in [-0.05, 0) is 30.5 Å². The molecular formula is C16H22ClNO4. The molecule has 0 heterocycles. The highest BCUT2D eigenvalue weighted by molar-refractivity contribution is 6.31. The first kappa shape index (κ1) is 18.5. The van der Waals surface area contributed by atoms with Crippen molar-refractivity contribution < 1.29 is 19.4 Å². The summed E-state index contributed by atoms with van der Waals surface area (Å²) >= 11 is 6.19. The van der Waals surface area contributed by atoms with Crippen LogP contribution in [-0.4, -0.2) is 36.2 Å². The van der Waals surface area contributed by atoms with Gasteiger partial charge in [0.25, 0.3) is 5.91 Å². The Kier molecular flexibility index (Phi) is 6.38. The fourth-order valence-corrected chi connectivity index (χ4v) is 2.67. The van der Waals surface area contributed by atoms with Crippen LogP contribution < -0.4 is 5.32 Å². The van der Waals surface area contributed by atoms with Crippen LogP contribution >= 0.6 is 11.6 Å². The van der Waals surface area contributed by atoms with Crippen LogP contribution in [0, 0.1) is 0 Å². The molecule has 1 aromatic carbocycles. The molecule has 6 heteroatoms. The number of rotatable bonds is 7. The summed E-state index contributed by atoms with van der Waals surface area (Å²) in [4.78, 5) is 23.3. The standard InChI is InChI=1S/C16H22ClNO4/c1-10(2)12-6-5-11(7-13(12)17)15(21)18-16(3,9-22-4)8-14(19)20/h5-7,10H,8-9H2,1-4H3,(H,18,21)(H,19,20). The molecule has 0 spiro atoms. The van der Waals surface area contributed by atoms with Gasteiger partial charge in [-0.1, -0.05) is 31.5 Å². The first-order valence-corrected chi connectivity index (χ1v) is 7.39. The maximum Gasteiger partial charge on any atom is 0.305 e. The lowest BCUT2D eigenvalue weighted by Crippen LogP contribution is -2.50. The summed E-state index contributed by atoms with van der Waals surface area (Å²) in [5, 5.41) is 12.2. The van der Waals surface area contributed by atoms with Crippen molar-refractivity contribution in [2.24, 2.45) is 0 Å². The van der Waals surface area contributed by atoms with Gasteiger partial charge in [0.1, 0.15) is 0 Å². The van der Waals surface area contributed by atoms with Crippen LogP contribution in [0.25, 0.3) is 0 Å². The number of aliphatic carboxylic acids is 1. The molecule has 2 N–H and O–H groups in total. The van der Waals surface area contributed by atoms with Crippen molar-refractivity contribution in [3.8, 4) is 0 Å². The van der Waals surface area contributed by atoms with Gasteiger partial charge < -0.3 is 15.2 Å². The number of carbonyl (C=O) groups excluding carboxylic acids is 1. The Morgan fingerprint density at radius 2 is 2.05 bits per heavy atom. The van der Waals surface area contributed by atoms with Crippen molar-refractivity contribution in [3.63, 3.8) is 0 Å². The highest BCUT2D eigenvalue weighted by Gasteiger charge is 2.30. The lowest BCUT2D eigenvalue weighted by atomic mass is 9.97. The van der Waals surface area contributed by atoms with Crippen molar-refractivity contribution in [1.29, 1.82) is 0 Å². The third kappa shape index (κ3) is 5.00. The SMILES string of the molecule is COCC(C)(CC(=O)O)NC(=O)c1ccc(C(C)C)c(Cl)c1. The van der Waals surface area contributed by atoms with Crippen molar-refractivity contribution in [1.82, 2.24) is 5.32 Å². The molecule has 1 aromatic rings. The monoisotopic (exact) mass is 327 g/mol. The third-order valence-corrected chi connectivity index (χ3v) is 3.63. The first-order chi connectivity index (χ1) is 10.2. The number of methoxy groups -OCH3 is 1. The highest BCUT2D eigenvalue weighted by Crippen LogP contribution is 2.25. The maximum absolute atomic E-state index is 12.3. The lowest BCUT2D eigenvalue weighted by Gasteiger charge is -2.28. The van der Waals surface area contributed by atoms with Crippen LogP contribution in [0.1, 0.15) is 49.0 Å². The summed E-state index contributed by atoms with van der Waals surface area (Å²) in [5.41, 5.74) is 0.367. The zero-order chi connectivity index (χ0) is 16.9. The Morgan fingerprint density at radius 1 is 1.41 bits per heavy atom. The van der Waals surface area contributed by atoms with Crippen molar-refractivity contribution >= 4 is 23.5 Å². The molecule has 0 bridgehead atoms. The lowest BCUT2D eigenvalue weighted by molar-refractivity contribution is -0.139. The van der Waals surface area contributed by atoms with Crippen molar-refractivity contribution in [2.75, 3.05) is 13.7 Å². The number of ether oxygens (including phenoxy) is 1. The van der Waals surface area contributed by atoms with Crippen LogP contribution in [0.2, 0.25) is 5.02 Å². The van der Waals surface area contributed by atoms with E-state index in [1.54, 1.807) is 19.1 Å². The second-order valence-corrected chi connectivity index (χ2v) is 6.32. The number of benzene rings is 1. The molecule has 1 rings (SSSR count). The molecule has 0 aliphatic rings. The van der Waals surface area contributed by atoms with Crippen LogP contribution in [0.3, 0.4) is 0 Å². The van der Waals surface area contributed by atoms with E-state index in [4.69, 9.17) is 21.4 Å². The minimum Gasteiger partial charge on any atom is -0.481 e. The second-order valence-electron chi connectivity index (χ2n) is 5.91. The second kappa shape index (κ2) is 7.61. The maximum atomic E-state index is 12.3. The average molecular weight is 328 g/mol. The van der Waals surface area contributed by atoms with Gasteiger partial charge in [-0.3, -0.25) is 9.59 Å². The number of halogens is 1. The molecule has 0 saturated heterocycles. The third-order valence-electron chi connectivity index (χ3n) is 3.30. The quantitative estimate of drug-likeness (QED) is 0.807. The van der Waals surface area contributed by atoms with Crippen LogP contribution in [0.15, 0.2) is 18.2 Å². The van der Waals surface area contributed by atoms with Gasteiger partial charge in [0, 0.05) is 17.7 Å². The van der Waals surface area contributed by atoms with E-state index in [1.807, 2.05) is 19.9 Å². The van der Waals surface area contributed by atoms with Gasteiger partial charge in [0.2, 0.25) is 0 Å². The predicted molar refractivity (Wildman–Crippen MR) is 85.5 cm³/mol. The summed E-state index contributed by atoms with van der Waals surface area (Å²) < 4.78 is 5.01. The number of hydrogen-bond acceptors (Lipinski definition) is 3. The zero-order valence-electron chi connectivity index (χ0n) is 13.3. The van der Waals surface area contributed by atoms with Crippen LogP contribution in [-0.2, 0) is 9.53 Å². The normalized spacial score (nSPS) is 13.7. The van der Waals surface area contributed by atoms with E-state index >= 15 is 0 Å². The molecule has 1 amide bonds. The smallest absolute Gasteiger partial charge is 0.305 e. The molecule has 0 aliphatic heterocycles. The molecule has 0 saturated carbocycles. The molecule has 0 fully saturated rings. The van der Waals surface area contributed by atoms with Gasteiger partial charge in [0.05, 0.1) is 18.6 Å². The van der Waals surface area contributed by atoms with Gasteiger partial charge >= 0.3 is 5.97 Å². The van der Waals surface area contributed by atoms with Gasteiger partial charge in [-0.2, -0.15) is 0 Å². The van der Waals surface area contributed by atoms with Crippen molar-refractivity contribution in [2.45, 2.75) is 38.6 Å². The Morgan fingerprint density at radius 3 is 2.50 bits per heavy atom. The van der Waals surface area contributed by atoms with Gasteiger partial charge in [-0.15, -0.1) is 0 Å². The number of hydrogen-bond donors (Lipinski definition) is 2. The van der Waals surface area contributed by atoms with Crippen molar-refractivity contribution in [3.05, 3.63) is 34.3 Å². The molecule has 22 heavy (non-hydrogen) atoms. The van der Waals surface area contributed by atoms with E-state index in [9.17, 15) is 9.59 Å². The first-order valence-electron chi connectivity index (χ1n) is 7.01. The van der Waals surface area contributed by atoms with E-state index in [2.05, 4.69) is 5.32 Å². The number of nitrogens with one attached hydrogen (secondary N) is 1. The van der Waals surface area contributed by atoms with E-state index < -0.39 is 11.5 Å². The molecule has 0 aromatic heterocycles. The fraction of sp³-hybridized carbons (Fsp3) is 0.500. The summed E-state index contributed by atoms with van der Waals surface area (Å²) in [5.74, 6) is -1.12. The van der Waals surface area contributed by atoms with Gasteiger partial charge in [0.15, 0.2) is 0 Å². The average Bonchev–Trinajstić information content (AvgIpc) is 2.36. The molecular weight excluding hydrogens is 306 g/mol. The molecule has 122 valence electrons. The Bertz CT molecular complexity index is 559. The Labute approximate surface area is 135 Å². The minimum absolute atomic E-state index is 0.100. The zero-order valence-corrected chi connectivity index (χ0v) is 14.0. The molecule has 0 radical (unpaired) electrons. The van der Waals surface area contributed by atoms with E-state index in [-0.39, 0.29) is 24.9 Å². The summed E-state index contributed by atoms with van der Waals surface area (Å²) in [6.07, 6.45) is -0.232. The summed E-state index contributed by atoms with van der Waals surface area (Å²) in [7, 11) is 1.46. The molecule has 1 unspecified atom stereocenters. The molecule has 5 nitrogen and oxygen atoms in total. The van der Waals surface area contributed by atoms with E-state index in [1.165, 1.54) is 7.11 Å². The van der Waals surface area contributed by atoms with E-state index in [0.717, 1.165) is 5.56 Å². The number of carboxylic acid groups (broad SMARTS) is 1. The molecule has 0 aliphatic carbocycles.